The molecule has 0 spiro atoms. The van der Waals surface area contributed by atoms with Gasteiger partial charge in [-0.2, -0.15) is 0 Å². The van der Waals surface area contributed by atoms with Crippen molar-refractivity contribution in [1.82, 2.24) is 14.8 Å². The Hall–Kier alpha value is -1.73. The Morgan fingerprint density at radius 1 is 1.21 bits per heavy atom. The molecule has 0 saturated heterocycles. The van der Waals surface area contributed by atoms with E-state index in [4.69, 9.17) is 28.2 Å². The lowest BCUT2D eigenvalue weighted by Gasteiger charge is -2.10. The van der Waals surface area contributed by atoms with Crippen LogP contribution in [0.5, 0.6) is 0 Å². The molecule has 1 aliphatic rings. The Labute approximate surface area is 152 Å². The van der Waals surface area contributed by atoms with Crippen LogP contribution in [0.2, 0.25) is 9.36 Å². The molecule has 0 saturated carbocycles. The van der Waals surface area contributed by atoms with Crippen LogP contribution in [0.1, 0.15) is 35.8 Å². The van der Waals surface area contributed by atoms with Crippen molar-refractivity contribution in [3.05, 3.63) is 62.5 Å². The van der Waals surface area contributed by atoms with Crippen molar-refractivity contribution in [3.63, 3.8) is 0 Å². The molecule has 0 bridgehead atoms. The number of hydrogen-bond donors (Lipinski definition) is 1. The van der Waals surface area contributed by atoms with E-state index in [1.807, 2.05) is 34.9 Å². The van der Waals surface area contributed by atoms with Gasteiger partial charge in [0.2, 0.25) is 0 Å². The quantitative estimate of drug-likeness (QED) is 0.731. The average molecular weight is 379 g/mol. The largest absolute Gasteiger partial charge is 0.385 e. The van der Waals surface area contributed by atoms with E-state index in [0.29, 0.717) is 27.6 Å². The molecule has 24 heavy (non-hydrogen) atoms. The third-order valence-corrected chi connectivity index (χ3v) is 5.36. The zero-order valence-electron chi connectivity index (χ0n) is 12.6. The van der Waals surface area contributed by atoms with Crippen LogP contribution in [0.3, 0.4) is 0 Å². The molecule has 3 aromatic rings. The predicted molar refractivity (Wildman–Crippen MR) is 95.7 cm³/mol. The van der Waals surface area contributed by atoms with Gasteiger partial charge < -0.3 is 5.11 Å². The van der Waals surface area contributed by atoms with E-state index in [0.717, 1.165) is 21.8 Å². The van der Waals surface area contributed by atoms with Crippen LogP contribution in [-0.2, 0) is 6.54 Å². The fourth-order valence-corrected chi connectivity index (χ4v) is 4.20. The van der Waals surface area contributed by atoms with E-state index in [1.165, 1.54) is 11.3 Å². The van der Waals surface area contributed by atoms with Crippen molar-refractivity contribution in [1.29, 1.82) is 0 Å². The first-order valence-electron chi connectivity index (χ1n) is 7.28. The normalized spacial score (nSPS) is 14.6. The van der Waals surface area contributed by atoms with Gasteiger partial charge in [0.15, 0.2) is 11.6 Å². The summed E-state index contributed by atoms with van der Waals surface area (Å²) in [4.78, 5) is 4.70. The fraction of sp³-hybridized carbons (Fsp3) is 0.188. The summed E-state index contributed by atoms with van der Waals surface area (Å²) in [7, 11) is 0. The first kappa shape index (κ1) is 15.8. The molecule has 1 unspecified atom stereocenters. The van der Waals surface area contributed by atoms with Crippen LogP contribution in [-0.4, -0.2) is 25.6 Å². The van der Waals surface area contributed by atoms with Gasteiger partial charge in [-0.05, 0) is 19.1 Å². The summed E-state index contributed by atoms with van der Waals surface area (Å²) in [5.74, 6) is 1.13. The lowest BCUT2D eigenvalue weighted by Crippen LogP contribution is -2.08. The van der Waals surface area contributed by atoms with Gasteiger partial charge >= 0.3 is 0 Å². The number of rotatable bonds is 2. The molecule has 3 heterocycles. The van der Waals surface area contributed by atoms with Gasteiger partial charge in [0.05, 0.1) is 10.0 Å². The summed E-state index contributed by atoms with van der Waals surface area (Å²) in [5.41, 5.74) is 2.46. The highest BCUT2D eigenvalue weighted by Gasteiger charge is 2.27. The second-order valence-electron chi connectivity index (χ2n) is 5.40. The number of hydrogen-bond acceptors (Lipinski definition) is 5. The highest BCUT2D eigenvalue weighted by atomic mass is 35.5. The maximum Gasteiger partial charge on any atom is 0.166 e. The maximum atomic E-state index is 10.0. The zero-order valence-corrected chi connectivity index (χ0v) is 14.9. The molecular weight excluding hydrogens is 367 g/mol. The van der Waals surface area contributed by atoms with E-state index in [2.05, 4.69) is 10.2 Å². The van der Waals surface area contributed by atoms with Crippen molar-refractivity contribution in [2.45, 2.75) is 19.6 Å². The van der Waals surface area contributed by atoms with Crippen LogP contribution in [0, 0.1) is 0 Å². The summed E-state index contributed by atoms with van der Waals surface area (Å²) < 4.78 is 2.46. The molecule has 0 aliphatic carbocycles. The Balaban J connectivity index is 1.98. The predicted octanol–water partition coefficient (Wildman–Crippen LogP) is 4.04. The molecule has 122 valence electrons. The Morgan fingerprint density at radius 2 is 2.00 bits per heavy atom. The second-order valence-corrected chi connectivity index (χ2v) is 7.47. The van der Waals surface area contributed by atoms with Crippen molar-refractivity contribution in [2.75, 3.05) is 0 Å². The molecule has 1 aromatic carbocycles. The van der Waals surface area contributed by atoms with E-state index in [1.54, 1.807) is 6.92 Å². The smallest absolute Gasteiger partial charge is 0.166 e. The standard InChI is InChI=1S/C16H12Cl2N4OS/c1-8(23)15-21-20-13-7-19-14(9-4-2-3-5-11(9)17)10-6-12(18)24-16(10)22(13)15/h2-6,8,23H,7H2,1H3. The van der Waals surface area contributed by atoms with Crippen molar-refractivity contribution in [3.8, 4) is 5.00 Å². The summed E-state index contributed by atoms with van der Waals surface area (Å²) in [6.45, 7) is 2.01. The van der Waals surface area contributed by atoms with Crippen molar-refractivity contribution < 1.29 is 5.11 Å². The number of fused-ring (bicyclic) bond motifs is 3. The molecule has 0 fully saturated rings. The number of aliphatic hydroxyl groups excluding tert-OH is 1. The van der Waals surface area contributed by atoms with Crippen LogP contribution in [0.4, 0.5) is 0 Å². The highest BCUT2D eigenvalue weighted by molar-refractivity contribution is 7.19. The van der Waals surface area contributed by atoms with Gasteiger partial charge in [0.1, 0.15) is 17.6 Å². The minimum atomic E-state index is -0.748. The topological polar surface area (TPSA) is 63.3 Å². The molecule has 8 heteroatoms. The first-order valence-corrected chi connectivity index (χ1v) is 8.85. The molecule has 0 radical (unpaired) electrons. The Kier molecular flexibility index (Phi) is 3.92. The number of nitrogens with zero attached hydrogens (tertiary/aromatic N) is 4. The molecule has 0 amide bonds. The molecule has 1 atom stereocenters. The van der Waals surface area contributed by atoms with Crippen LogP contribution >= 0.6 is 34.5 Å². The van der Waals surface area contributed by atoms with Gasteiger partial charge in [-0.1, -0.05) is 41.4 Å². The lowest BCUT2D eigenvalue weighted by atomic mass is 10.0. The second kappa shape index (κ2) is 5.97. The molecule has 2 aromatic heterocycles. The van der Waals surface area contributed by atoms with E-state index < -0.39 is 6.10 Å². The summed E-state index contributed by atoms with van der Waals surface area (Å²) in [6.07, 6.45) is -0.748. The zero-order chi connectivity index (χ0) is 16.8. The molecule has 4 rings (SSSR count). The third kappa shape index (κ3) is 2.46. The first-order chi connectivity index (χ1) is 11.6. The van der Waals surface area contributed by atoms with Gasteiger partial charge in [-0.15, -0.1) is 21.5 Å². The molecule has 5 nitrogen and oxygen atoms in total. The number of aliphatic imine (C=N–C) groups is 1. The monoisotopic (exact) mass is 378 g/mol. The van der Waals surface area contributed by atoms with Crippen LogP contribution < -0.4 is 0 Å². The molecule has 1 N–H and O–H groups in total. The molecular formula is C16H12Cl2N4OS. The minimum Gasteiger partial charge on any atom is -0.385 e. The van der Waals surface area contributed by atoms with Crippen LogP contribution in [0.25, 0.3) is 5.00 Å². The maximum absolute atomic E-state index is 10.0. The molecule has 1 aliphatic heterocycles. The summed E-state index contributed by atoms with van der Waals surface area (Å²) in [6, 6.07) is 9.43. The van der Waals surface area contributed by atoms with Gasteiger partial charge in [0, 0.05) is 16.1 Å². The number of halogens is 2. The van der Waals surface area contributed by atoms with Crippen molar-refractivity contribution >= 4 is 40.3 Å². The summed E-state index contributed by atoms with van der Waals surface area (Å²) >= 11 is 14.0. The fourth-order valence-electron chi connectivity index (χ4n) is 2.73. The highest BCUT2D eigenvalue weighted by Crippen LogP contribution is 2.37. The summed E-state index contributed by atoms with van der Waals surface area (Å²) in [5, 5.41) is 19.7. The number of aromatic nitrogens is 3. The van der Waals surface area contributed by atoms with Crippen LogP contribution in [0.15, 0.2) is 35.3 Å². The minimum absolute atomic E-state index is 0.347. The van der Waals surface area contributed by atoms with E-state index in [-0.39, 0.29) is 0 Å². The Morgan fingerprint density at radius 3 is 2.75 bits per heavy atom. The van der Waals surface area contributed by atoms with E-state index in [9.17, 15) is 5.11 Å². The van der Waals surface area contributed by atoms with Gasteiger partial charge in [0.25, 0.3) is 0 Å². The number of benzene rings is 1. The Bertz CT molecular complexity index is 961. The number of aliphatic hydroxyl groups is 1. The van der Waals surface area contributed by atoms with Gasteiger partial charge in [-0.25, -0.2) is 0 Å². The van der Waals surface area contributed by atoms with Gasteiger partial charge in [-0.3, -0.25) is 9.56 Å². The van der Waals surface area contributed by atoms with E-state index >= 15 is 0 Å². The third-order valence-electron chi connectivity index (χ3n) is 3.78. The SMILES string of the molecule is CC(O)c1nnc2n1-c1sc(Cl)cc1C(c1ccccc1Cl)=NC2. The average Bonchev–Trinajstić information content (AvgIpc) is 3.09. The van der Waals surface area contributed by atoms with Crippen molar-refractivity contribution in [2.24, 2.45) is 4.99 Å². The lowest BCUT2D eigenvalue weighted by molar-refractivity contribution is 0.186. The number of thiophene rings is 1.